The number of hydrogen-bond acceptors (Lipinski definition) is 5. The fourth-order valence-corrected chi connectivity index (χ4v) is 3.21. The molecule has 0 radical (unpaired) electrons. The Kier molecular flexibility index (Phi) is 5.48. The third-order valence-electron chi connectivity index (χ3n) is 4.26. The van der Waals surface area contributed by atoms with Gasteiger partial charge >= 0.3 is 0 Å². The number of amides is 1. The first-order chi connectivity index (χ1) is 11.6. The number of aryl methyl sites for hydroxylation is 1. The Morgan fingerprint density at radius 2 is 2.29 bits per heavy atom. The molecule has 128 valence electrons. The van der Waals surface area contributed by atoms with Crippen LogP contribution in [0.2, 0.25) is 5.02 Å². The zero-order valence-corrected chi connectivity index (χ0v) is 14.4. The first-order valence-corrected chi connectivity index (χ1v) is 8.55. The number of carbonyl (C=O) groups is 1. The van der Waals surface area contributed by atoms with Gasteiger partial charge < -0.3 is 9.84 Å². The number of halogens is 1. The maximum Gasteiger partial charge on any atom is 0.223 e. The Hall–Kier alpha value is -1.92. The van der Waals surface area contributed by atoms with E-state index in [-0.39, 0.29) is 11.9 Å². The molecule has 1 N–H and O–H groups in total. The molecule has 6 nitrogen and oxygen atoms in total. The van der Waals surface area contributed by atoms with Crippen LogP contribution in [0.4, 0.5) is 0 Å². The van der Waals surface area contributed by atoms with Crippen molar-refractivity contribution in [2.75, 3.05) is 13.1 Å². The Bertz CT molecular complexity index is 703. The number of nitrogens with one attached hydrogen (secondary N) is 1. The van der Waals surface area contributed by atoms with Gasteiger partial charge in [-0.1, -0.05) is 35.0 Å². The Balaban J connectivity index is 1.48. The molecule has 7 heteroatoms. The van der Waals surface area contributed by atoms with Crippen molar-refractivity contribution >= 4 is 17.5 Å². The Labute approximate surface area is 146 Å². The van der Waals surface area contributed by atoms with Crippen molar-refractivity contribution in [3.63, 3.8) is 0 Å². The quantitative estimate of drug-likeness (QED) is 0.869. The average molecular weight is 349 g/mol. The summed E-state index contributed by atoms with van der Waals surface area (Å²) in [6.07, 6.45) is 2.53. The van der Waals surface area contributed by atoms with Crippen molar-refractivity contribution in [3.8, 4) is 0 Å². The molecule has 1 aliphatic heterocycles. The maximum absolute atomic E-state index is 12.1. The number of rotatable bonds is 6. The molecule has 0 saturated carbocycles. The van der Waals surface area contributed by atoms with Gasteiger partial charge in [-0.25, -0.2) is 0 Å². The van der Waals surface area contributed by atoms with Gasteiger partial charge in [0.05, 0.1) is 6.04 Å². The second-order valence-corrected chi connectivity index (χ2v) is 6.39. The van der Waals surface area contributed by atoms with E-state index in [1.54, 1.807) is 6.92 Å². The van der Waals surface area contributed by atoms with Crippen LogP contribution >= 0.6 is 11.6 Å². The molecule has 1 fully saturated rings. The molecule has 1 aliphatic rings. The molecule has 1 saturated heterocycles. The molecule has 0 spiro atoms. The van der Waals surface area contributed by atoms with Crippen LogP contribution in [0.5, 0.6) is 0 Å². The van der Waals surface area contributed by atoms with Gasteiger partial charge in [-0.15, -0.1) is 0 Å². The molecule has 0 bridgehead atoms. The number of carbonyl (C=O) groups excluding carboxylic acids is 1. The Morgan fingerprint density at radius 1 is 1.46 bits per heavy atom. The van der Waals surface area contributed by atoms with Gasteiger partial charge in [0.2, 0.25) is 11.8 Å². The summed E-state index contributed by atoms with van der Waals surface area (Å²) in [5, 5.41) is 7.61. The van der Waals surface area contributed by atoms with Crippen molar-refractivity contribution in [1.82, 2.24) is 20.4 Å². The van der Waals surface area contributed by atoms with Gasteiger partial charge in [-0.2, -0.15) is 4.98 Å². The monoisotopic (exact) mass is 348 g/mol. The smallest absolute Gasteiger partial charge is 0.223 e. The van der Waals surface area contributed by atoms with Crippen molar-refractivity contribution < 1.29 is 9.32 Å². The molecule has 2 aromatic rings. The normalized spacial score (nSPS) is 18.0. The molecule has 24 heavy (non-hydrogen) atoms. The minimum absolute atomic E-state index is 0.0184. The van der Waals surface area contributed by atoms with Crippen LogP contribution in [0.3, 0.4) is 0 Å². The SMILES string of the molecule is Cc1nc(C2CCCN2CCC(=O)NCc2ccccc2Cl)no1. The number of likely N-dealkylation sites (tertiary alicyclic amines) is 1. The van der Waals surface area contributed by atoms with Crippen LogP contribution < -0.4 is 5.32 Å². The molecule has 2 heterocycles. The van der Waals surface area contributed by atoms with Crippen LogP contribution in [0.25, 0.3) is 0 Å². The van der Waals surface area contributed by atoms with E-state index < -0.39 is 0 Å². The predicted octanol–water partition coefficient (Wildman–Crippen LogP) is 2.87. The molecule has 1 amide bonds. The minimum atomic E-state index is 0.0184. The van der Waals surface area contributed by atoms with Crippen molar-refractivity contribution in [1.29, 1.82) is 0 Å². The number of hydrogen-bond donors (Lipinski definition) is 1. The van der Waals surface area contributed by atoms with Crippen molar-refractivity contribution in [2.24, 2.45) is 0 Å². The summed E-state index contributed by atoms with van der Waals surface area (Å²) in [6.45, 7) is 3.88. The average Bonchev–Trinajstić information content (AvgIpc) is 3.20. The molecule has 3 rings (SSSR count). The molecular formula is C17H21ClN4O2. The highest BCUT2D eigenvalue weighted by atomic mass is 35.5. The minimum Gasteiger partial charge on any atom is -0.352 e. The second kappa shape index (κ2) is 7.77. The van der Waals surface area contributed by atoms with E-state index >= 15 is 0 Å². The first-order valence-electron chi connectivity index (χ1n) is 8.18. The van der Waals surface area contributed by atoms with Gasteiger partial charge in [0.1, 0.15) is 0 Å². The maximum atomic E-state index is 12.1. The first kappa shape index (κ1) is 16.9. The highest BCUT2D eigenvalue weighted by molar-refractivity contribution is 6.31. The number of nitrogens with zero attached hydrogens (tertiary/aromatic N) is 3. The van der Waals surface area contributed by atoms with Gasteiger partial charge in [0.25, 0.3) is 0 Å². The topological polar surface area (TPSA) is 71.3 Å². The van der Waals surface area contributed by atoms with Gasteiger partial charge in [-0.05, 0) is 31.0 Å². The molecule has 1 atom stereocenters. The molecule has 1 unspecified atom stereocenters. The molecule has 1 aromatic carbocycles. The highest BCUT2D eigenvalue weighted by Gasteiger charge is 2.29. The lowest BCUT2D eigenvalue weighted by Gasteiger charge is -2.21. The fourth-order valence-electron chi connectivity index (χ4n) is 3.01. The summed E-state index contributed by atoms with van der Waals surface area (Å²) >= 11 is 6.09. The van der Waals surface area contributed by atoms with Gasteiger partial charge in [0, 0.05) is 31.5 Å². The summed E-state index contributed by atoms with van der Waals surface area (Å²) in [7, 11) is 0. The van der Waals surface area contributed by atoms with Crippen LogP contribution in [0.15, 0.2) is 28.8 Å². The van der Waals surface area contributed by atoms with Crippen LogP contribution in [-0.2, 0) is 11.3 Å². The summed E-state index contributed by atoms with van der Waals surface area (Å²) in [4.78, 5) is 18.7. The molecule has 1 aromatic heterocycles. The molecule has 0 aliphatic carbocycles. The lowest BCUT2D eigenvalue weighted by Crippen LogP contribution is -2.31. The predicted molar refractivity (Wildman–Crippen MR) is 90.5 cm³/mol. The molecular weight excluding hydrogens is 328 g/mol. The summed E-state index contributed by atoms with van der Waals surface area (Å²) < 4.78 is 5.07. The van der Waals surface area contributed by atoms with Gasteiger partial charge in [-0.3, -0.25) is 9.69 Å². The summed E-state index contributed by atoms with van der Waals surface area (Å²) in [5.41, 5.74) is 0.925. The lowest BCUT2D eigenvalue weighted by molar-refractivity contribution is -0.121. The van der Waals surface area contributed by atoms with E-state index in [9.17, 15) is 4.79 Å². The summed E-state index contributed by atoms with van der Waals surface area (Å²) in [6, 6.07) is 7.68. The van der Waals surface area contributed by atoms with E-state index in [1.807, 2.05) is 24.3 Å². The Morgan fingerprint density at radius 3 is 3.04 bits per heavy atom. The van der Waals surface area contributed by atoms with Crippen LogP contribution in [0, 0.1) is 6.92 Å². The summed E-state index contributed by atoms with van der Waals surface area (Å²) in [5.74, 6) is 1.32. The standard InChI is InChI=1S/C17H21ClN4O2/c1-12-20-17(21-24-12)15-7-4-9-22(15)10-8-16(23)19-11-13-5-2-3-6-14(13)18/h2-3,5-6,15H,4,7-11H2,1H3,(H,19,23). The lowest BCUT2D eigenvalue weighted by atomic mass is 10.2. The van der Waals surface area contributed by atoms with Crippen molar-refractivity contribution in [3.05, 3.63) is 46.6 Å². The van der Waals surface area contributed by atoms with Crippen LogP contribution in [-0.4, -0.2) is 34.0 Å². The fraction of sp³-hybridized carbons (Fsp3) is 0.471. The van der Waals surface area contributed by atoms with E-state index in [0.717, 1.165) is 30.8 Å². The van der Waals surface area contributed by atoms with E-state index in [2.05, 4.69) is 20.4 Å². The third-order valence-corrected chi connectivity index (χ3v) is 4.63. The highest BCUT2D eigenvalue weighted by Crippen LogP contribution is 2.29. The second-order valence-electron chi connectivity index (χ2n) is 5.98. The zero-order valence-electron chi connectivity index (χ0n) is 13.7. The zero-order chi connectivity index (χ0) is 16.9. The third kappa shape index (κ3) is 4.13. The number of aromatic nitrogens is 2. The van der Waals surface area contributed by atoms with E-state index in [1.165, 1.54) is 0 Å². The van der Waals surface area contributed by atoms with E-state index in [4.69, 9.17) is 16.1 Å². The van der Waals surface area contributed by atoms with Crippen LogP contribution in [0.1, 0.15) is 42.6 Å². The largest absolute Gasteiger partial charge is 0.352 e. The van der Waals surface area contributed by atoms with Crippen molar-refractivity contribution in [2.45, 2.75) is 38.8 Å². The van der Waals surface area contributed by atoms with E-state index in [0.29, 0.717) is 30.4 Å². The number of benzene rings is 1. The van der Waals surface area contributed by atoms with Gasteiger partial charge in [0.15, 0.2) is 5.82 Å².